The number of hydrogen-bond acceptors (Lipinski definition) is 2. The highest BCUT2D eigenvalue weighted by atomic mass is 16.3. The molecule has 0 atom stereocenters. The lowest BCUT2D eigenvalue weighted by atomic mass is 9.80. The molecule has 0 spiro atoms. The van der Waals surface area contributed by atoms with Crippen molar-refractivity contribution in [2.45, 2.75) is 58.8 Å². The molecule has 1 N–H and O–H groups in total. The topological polar surface area (TPSA) is 32.6 Å². The lowest BCUT2D eigenvalue weighted by Gasteiger charge is -2.25. The summed E-state index contributed by atoms with van der Waals surface area (Å²) < 4.78 is 0. The van der Waals surface area contributed by atoms with Gasteiger partial charge in [-0.1, -0.05) is 47.6 Å². The SMILES string of the molecule is CC(C)(C)c1cc(C=NCCCO)cc(C(C)(C)C)c1. The fourth-order valence-corrected chi connectivity index (χ4v) is 1.92. The van der Waals surface area contributed by atoms with Crippen LogP contribution in [0, 0.1) is 0 Å². The average molecular weight is 275 g/mol. The number of aliphatic hydroxyl groups is 1. The highest BCUT2D eigenvalue weighted by Crippen LogP contribution is 2.29. The lowest BCUT2D eigenvalue weighted by Crippen LogP contribution is -2.17. The van der Waals surface area contributed by atoms with Gasteiger partial charge in [-0.05, 0) is 46.1 Å². The molecular formula is C18H29NO. The van der Waals surface area contributed by atoms with E-state index in [1.54, 1.807) is 0 Å². The summed E-state index contributed by atoms with van der Waals surface area (Å²) in [5.41, 5.74) is 4.10. The second-order valence-electron chi connectivity index (χ2n) is 7.46. The predicted molar refractivity (Wildman–Crippen MR) is 88.0 cm³/mol. The number of aliphatic hydroxyl groups excluding tert-OH is 1. The van der Waals surface area contributed by atoms with E-state index in [2.05, 4.69) is 64.7 Å². The fourth-order valence-electron chi connectivity index (χ4n) is 1.92. The Labute approximate surface area is 124 Å². The van der Waals surface area contributed by atoms with E-state index in [9.17, 15) is 0 Å². The molecule has 20 heavy (non-hydrogen) atoms. The van der Waals surface area contributed by atoms with Crippen LogP contribution in [0.25, 0.3) is 0 Å². The Balaban J connectivity index is 3.14. The summed E-state index contributed by atoms with van der Waals surface area (Å²) >= 11 is 0. The van der Waals surface area contributed by atoms with E-state index in [1.807, 2.05) is 6.21 Å². The Morgan fingerprint density at radius 2 is 1.45 bits per heavy atom. The average Bonchev–Trinajstić information content (AvgIpc) is 2.32. The summed E-state index contributed by atoms with van der Waals surface area (Å²) in [6, 6.07) is 6.75. The Morgan fingerprint density at radius 1 is 0.950 bits per heavy atom. The highest BCUT2D eigenvalue weighted by molar-refractivity contribution is 5.80. The van der Waals surface area contributed by atoms with Gasteiger partial charge in [-0.2, -0.15) is 0 Å². The first-order valence-electron chi connectivity index (χ1n) is 7.41. The molecule has 0 amide bonds. The van der Waals surface area contributed by atoms with Gasteiger partial charge in [-0.15, -0.1) is 0 Å². The van der Waals surface area contributed by atoms with Gasteiger partial charge in [-0.3, -0.25) is 4.99 Å². The normalized spacial score (nSPS) is 13.2. The Kier molecular flexibility index (Phi) is 5.52. The van der Waals surface area contributed by atoms with Crippen molar-refractivity contribution < 1.29 is 5.11 Å². The molecule has 0 aliphatic rings. The van der Waals surface area contributed by atoms with Gasteiger partial charge in [-0.25, -0.2) is 0 Å². The van der Waals surface area contributed by atoms with Crippen LogP contribution in [-0.2, 0) is 10.8 Å². The van der Waals surface area contributed by atoms with Crippen molar-refractivity contribution in [3.8, 4) is 0 Å². The zero-order valence-corrected chi connectivity index (χ0v) is 13.8. The quantitative estimate of drug-likeness (QED) is 0.651. The molecule has 0 aliphatic heterocycles. The maximum atomic E-state index is 8.79. The van der Waals surface area contributed by atoms with E-state index < -0.39 is 0 Å². The van der Waals surface area contributed by atoms with E-state index in [0.29, 0.717) is 6.54 Å². The molecule has 1 rings (SSSR count). The molecule has 2 nitrogen and oxygen atoms in total. The number of rotatable bonds is 4. The third-order valence-electron chi connectivity index (χ3n) is 3.37. The zero-order valence-electron chi connectivity index (χ0n) is 13.8. The summed E-state index contributed by atoms with van der Waals surface area (Å²) in [5, 5.41) is 8.79. The van der Waals surface area contributed by atoms with Crippen molar-refractivity contribution in [2.24, 2.45) is 4.99 Å². The molecule has 0 saturated carbocycles. The molecule has 0 bridgehead atoms. The number of aliphatic imine (C=N–C) groups is 1. The van der Waals surface area contributed by atoms with Crippen molar-refractivity contribution in [3.05, 3.63) is 34.9 Å². The molecule has 0 aliphatic carbocycles. The van der Waals surface area contributed by atoms with Gasteiger partial charge in [0.1, 0.15) is 0 Å². The molecule has 0 aromatic heterocycles. The van der Waals surface area contributed by atoms with E-state index in [4.69, 9.17) is 5.11 Å². The van der Waals surface area contributed by atoms with Crippen LogP contribution in [0.5, 0.6) is 0 Å². The summed E-state index contributed by atoms with van der Waals surface area (Å²) in [4.78, 5) is 4.39. The second kappa shape index (κ2) is 6.53. The van der Waals surface area contributed by atoms with Crippen molar-refractivity contribution >= 4 is 6.21 Å². The van der Waals surface area contributed by atoms with Gasteiger partial charge >= 0.3 is 0 Å². The number of hydrogen-bond donors (Lipinski definition) is 1. The summed E-state index contributed by atoms with van der Waals surface area (Å²) in [6.07, 6.45) is 2.65. The lowest BCUT2D eigenvalue weighted by molar-refractivity contribution is 0.291. The van der Waals surface area contributed by atoms with Gasteiger partial charge in [0, 0.05) is 19.4 Å². The molecule has 0 fully saturated rings. The van der Waals surface area contributed by atoms with Gasteiger partial charge < -0.3 is 5.11 Å². The largest absolute Gasteiger partial charge is 0.396 e. The number of nitrogens with zero attached hydrogens (tertiary/aromatic N) is 1. The van der Waals surface area contributed by atoms with E-state index >= 15 is 0 Å². The molecule has 2 heteroatoms. The molecule has 0 unspecified atom stereocenters. The van der Waals surface area contributed by atoms with Crippen molar-refractivity contribution in [1.82, 2.24) is 0 Å². The standard InChI is InChI=1S/C18H29NO/c1-17(2,3)15-10-14(13-19-8-7-9-20)11-16(12-15)18(4,5)6/h10-13,20H,7-9H2,1-6H3. The van der Waals surface area contributed by atoms with Gasteiger partial charge in [0.15, 0.2) is 0 Å². The van der Waals surface area contributed by atoms with Gasteiger partial charge in [0.2, 0.25) is 0 Å². The fraction of sp³-hybridized carbons (Fsp3) is 0.611. The van der Waals surface area contributed by atoms with Gasteiger partial charge in [0.05, 0.1) is 0 Å². The monoisotopic (exact) mass is 275 g/mol. The molecule has 1 aromatic rings. The molecule has 0 radical (unpaired) electrons. The molecular weight excluding hydrogens is 246 g/mol. The minimum Gasteiger partial charge on any atom is -0.396 e. The van der Waals surface area contributed by atoms with Crippen LogP contribution < -0.4 is 0 Å². The van der Waals surface area contributed by atoms with E-state index in [1.165, 1.54) is 11.1 Å². The Hall–Kier alpha value is -1.15. The van der Waals surface area contributed by atoms with E-state index in [-0.39, 0.29) is 17.4 Å². The predicted octanol–water partition coefficient (Wildman–Crippen LogP) is 4.08. The van der Waals surface area contributed by atoms with Crippen molar-refractivity contribution in [1.29, 1.82) is 0 Å². The minimum absolute atomic E-state index is 0.134. The molecule has 112 valence electrons. The molecule has 0 heterocycles. The Bertz CT molecular complexity index is 429. The smallest absolute Gasteiger partial charge is 0.0448 e. The molecule has 1 aromatic carbocycles. The van der Waals surface area contributed by atoms with Crippen LogP contribution >= 0.6 is 0 Å². The third kappa shape index (κ3) is 5.09. The minimum atomic E-state index is 0.134. The van der Waals surface area contributed by atoms with Crippen LogP contribution in [0.1, 0.15) is 64.7 Å². The molecule has 0 saturated heterocycles. The summed E-state index contributed by atoms with van der Waals surface area (Å²) in [7, 11) is 0. The Morgan fingerprint density at radius 3 is 1.85 bits per heavy atom. The number of benzene rings is 1. The van der Waals surface area contributed by atoms with Crippen molar-refractivity contribution in [2.75, 3.05) is 13.2 Å². The van der Waals surface area contributed by atoms with Crippen LogP contribution in [0.2, 0.25) is 0 Å². The first-order valence-corrected chi connectivity index (χ1v) is 7.41. The first kappa shape index (κ1) is 16.9. The van der Waals surface area contributed by atoms with Gasteiger partial charge in [0.25, 0.3) is 0 Å². The van der Waals surface area contributed by atoms with Crippen molar-refractivity contribution in [3.63, 3.8) is 0 Å². The van der Waals surface area contributed by atoms with Crippen LogP contribution in [0.15, 0.2) is 23.2 Å². The third-order valence-corrected chi connectivity index (χ3v) is 3.37. The maximum Gasteiger partial charge on any atom is 0.0448 e. The summed E-state index contributed by atoms with van der Waals surface area (Å²) in [6.45, 7) is 14.3. The highest BCUT2D eigenvalue weighted by Gasteiger charge is 2.19. The second-order valence-corrected chi connectivity index (χ2v) is 7.46. The van der Waals surface area contributed by atoms with E-state index in [0.717, 1.165) is 12.0 Å². The summed E-state index contributed by atoms with van der Waals surface area (Å²) in [5.74, 6) is 0. The zero-order chi connectivity index (χ0) is 15.4. The van der Waals surface area contributed by atoms with Crippen LogP contribution in [-0.4, -0.2) is 24.5 Å². The van der Waals surface area contributed by atoms with Crippen LogP contribution in [0.4, 0.5) is 0 Å². The first-order chi connectivity index (χ1) is 9.14. The maximum absolute atomic E-state index is 8.79. The van der Waals surface area contributed by atoms with Crippen LogP contribution in [0.3, 0.4) is 0 Å².